The van der Waals surface area contributed by atoms with E-state index in [1.807, 2.05) is 0 Å². The topological polar surface area (TPSA) is 17.1 Å². The summed E-state index contributed by atoms with van der Waals surface area (Å²) in [7, 11) is 0. The first-order chi connectivity index (χ1) is 6.02. The first-order valence-electron chi connectivity index (χ1n) is 4.86. The molecule has 1 aliphatic carbocycles. The number of rotatable bonds is 2. The monoisotopic (exact) mass is 190 g/mol. The van der Waals surface area contributed by atoms with E-state index in [1.165, 1.54) is 0 Å². The minimum absolute atomic E-state index is 0.347. The Hall–Kier alpha value is -0.470. The average Bonchev–Trinajstić information content (AvgIpc) is 2.27. The third-order valence-corrected chi connectivity index (χ3v) is 3.10. The highest BCUT2D eigenvalue weighted by Crippen LogP contribution is 2.45. The summed E-state index contributed by atoms with van der Waals surface area (Å²) in [6.07, 6.45) is 4.64. The van der Waals surface area contributed by atoms with Gasteiger partial charge in [-0.2, -0.15) is 0 Å². The Kier molecular flexibility index (Phi) is 3.04. The number of hydrogen-bond donors (Lipinski definition) is 0. The highest BCUT2D eigenvalue weighted by molar-refractivity contribution is 5.61. The van der Waals surface area contributed by atoms with Gasteiger partial charge in [0.2, 0.25) is 0 Å². The minimum Gasteiger partial charge on any atom is -0.303 e. The van der Waals surface area contributed by atoms with Gasteiger partial charge in [-0.15, -0.1) is 0 Å². The lowest BCUT2D eigenvalue weighted by molar-refractivity contribution is -0.145. The summed E-state index contributed by atoms with van der Waals surface area (Å²) in [5.74, 6) is -2.86. The summed E-state index contributed by atoms with van der Waals surface area (Å²) in [6.45, 7) is 0.868. The lowest BCUT2D eigenvalue weighted by Gasteiger charge is -2.32. The Balaban J connectivity index is 2.83. The van der Waals surface area contributed by atoms with Crippen molar-refractivity contribution in [3.63, 3.8) is 0 Å². The van der Waals surface area contributed by atoms with Gasteiger partial charge in [0.05, 0.1) is 5.41 Å². The molecule has 1 fully saturated rings. The van der Waals surface area contributed by atoms with Crippen LogP contribution in [-0.4, -0.2) is 12.2 Å². The molecule has 0 N–H and O–H groups in total. The number of carbonyl (C=O) groups excluding carboxylic acids is 1. The van der Waals surface area contributed by atoms with Crippen molar-refractivity contribution >= 4 is 6.29 Å². The van der Waals surface area contributed by atoms with E-state index in [9.17, 15) is 13.6 Å². The number of aldehydes is 1. The van der Waals surface area contributed by atoms with E-state index in [2.05, 4.69) is 0 Å². The molecule has 1 rings (SSSR count). The second-order valence-corrected chi connectivity index (χ2v) is 4.08. The van der Waals surface area contributed by atoms with Crippen molar-refractivity contribution in [3.8, 4) is 0 Å². The van der Waals surface area contributed by atoms with E-state index in [4.69, 9.17) is 0 Å². The van der Waals surface area contributed by atoms with Gasteiger partial charge in [-0.1, -0.05) is 25.7 Å². The summed E-state index contributed by atoms with van der Waals surface area (Å²) in [5.41, 5.74) is -1.37. The first-order valence-corrected chi connectivity index (χ1v) is 4.86. The highest BCUT2D eigenvalue weighted by Gasteiger charge is 2.49. The summed E-state index contributed by atoms with van der Waals surface area (Å²) in [6, 6.07) is 0. The molecule has 0 spiro atoms. The van der Waals surface area contributed by atoms with Crippen LogP contribution in [0.2, 0.25) is 0 Å². The molecule has 0 atom stereocenters. The molecule has 13 heavy (non-hydrogen) atoms. The smallest absolute Gasteiger partial charge is 0.257 e. The van der Waals surface area contributed by atoms with Gasteiger partial charge in [-0.05, 0) is 12.8 Å². The predicted molar refractivity (Wildman–Crippen MR) is 46.8 cm³/mol. The Bertz CT molecular complexity index is 176. The summed E-state index contributed by atoms with van der Waals surface area (Å²) in [4.78, 5) is 10.8. The fourth-order valence-corrected chi connectivity index (χ4v) is 2.02. The Morgan fingerprint density at radius 2 is 1.62 bits per heavy atom. The van der Waals surface area contributed by atoms with Gasteiger partial charge in [-0.25, -0.2) is 8.78 Å². The number of halogens is 2. The van der Waals surface area contributed by atoms with E-state index in [1.54, 1.807) is 0 Å². The molecular formula is C10H16F2O. The third kappa shape index (κ3) is 2.06. The normalized spacial score (nSPS) is 23.6. The van der Waals surface area contributed by atoms with Crippen LogP contribution in [0.1, 0.15) is 45.4 Å². The standard InChI is InChI=1S/C10H16F2O/c1-9(11,12)10(8-13)6-4-2-3-5-7-10/h8H,2-7H2,1H3. The Morgan fingerprint density at radius 1 is 1.15 bits per heavy atom. The quantitative estimate of drug-likeness (QED) is 0.482. The van der Waals surface area contributed by atoms with Crippen LogP contribution in [-0.2, 0) is 4.79 Å². The Morgan fingerprint density at radius 3 is 1.92 bits per heavy atom. The highest BCUT2D eigenvalue weighted by atomic mass is 19.3. The van der Waals surface area contributed by atoms with Gasteiger partial charge in [0.25, 0.3) is 5.92 Å². The van der Waals surface area contributed by atoms with Crippen molar-refractivity contribution in [2.75, 3.05) is 0 Å². The van der Waals surface area contributed by atoms with Gasteiger partial charge in [0.1, 0.15) is 6.29 Å². The van der Waals surface area contributed by atoms with E-state index < -0.39 is 11.3 Å². The molecule has 0 radical (unpaired) electrons. The maximum atomic E-state index is 13.2. The van der Waals surface area contributed by atoms with Gasteiger partial charge >= 0.3 is 0 Å². The van der Waals surface area contributed by atoms with Crippen molar-refractivity contribution in [1.82, 2.24) is 0 Å². The lowest BCUT2D eigenvalue weighted by atomic mass is 9.77. The molecular weight excluding hydrogens is 174 g/mol. The average molecular weight is 190 g/mol. The third-order valence-electron chi connectivity index (χ3n) is 3.10. The van der Waals surface area contributed by atoms with Crippen LogP contribution in [0.4, 0.5) is 8.78 Å². The van der Waals surface area contributed by atoms with Crippen LogP contribution in [0, 0.1) is 5.41 Å². The summed E-state index contributed by atoms with van der Waals surface area (Å²) >= 11 is 0. The van der Waals surface area contributed by atoms with E-state index in [0.717, 1.165) is 32.6 Å². The zero-order valence-corrected chi connectivity index (χ0v) is 7.98. The number of carbonyl (C=O) groups is 1. The van der Waals surface area contributed by atoms with Crippen molar-refractivity contribution in [1.29, 1.82) is 0 Å². The van der Waals surface area contributed by atoms with Crippen molar-refractivity contribution < 1.29 is 13.6 Å². The lowest BCUT2D eigenvalue weighted by Crippen LogP contribution is -2.40. The van der Waals surface area contributed by atoms with Crippen molar-refractivity contribution in [2.24, 2.45) is 5.41 Å². The zero-order valence-electron chi connectivity index (χ0n) is 7.98. The largest absolute Gasteiger partial charge is 0.303 e. The zero-order chi connectivity index (χ0) is 9.95. The molecule has 0 aromatic heterocycles. The second kappa shape index (κ2) is 3.72. The molecule has 1 saturated carbocycles. The number of alkyl halides is 2. The van der Waals surface area contributed by atoms with E-state index in [-0.39, 0.29) is 0 Å². The van der Waals surface area contributed by atoms with Crippen LogP contribution in [0.15, 0.2) is 0 Å². The molecule has 1 aliphatic rings. The van der Waals surface area contributed by atoms with Crippen LogP contribution in [0.25, 0.3) is 0 Å². The fourth-order valence-electron chi connectivity index (χ4n) is 2.02. The molecule has 0 unspecified atom stereocenters. The van der Waals surface area contributed by atoms with Crippen LogP contribution in [0.5, 0.6) is 0 Å². The van der Waals surface area contributed by atoms with Crippen LogP contribution < -0.4 is 0 Å². The second-order valence-electron chi connectivity index (χ2n) is 4.08. The minimum atomic E-state index is -2.86. The molecule has 0 amide bonds. The maximum Gasteiger partial charge on any atom is 0.257 e. The predicted octanol–water partition coefficient (Wildman–Crippen LogP) is 3.18. The van der Waals surface area contributed by atoms with Gasteiger partial charge in [-0.3, -0.25) is 0 Å². The van der Waals surface area contributed by atoms with Crippen LogP contribution >= 0.6 is 0 Å². The van der Waals surface area contributed by atoms with E-state index in [0.29, 0.717) is 19.1 Å². The summed E-state index contributed by atoms with van der Waals surface area (Å²) in [5, 5.41) is 0. The van der Waals surface area contributed by atoms with Gasteiger partial charge in [0.15, 0.2) is 0 Å². The molecule has 0 saturated heterocycles. The Labute approximate surface area is 77.5 Å². The fraction of sp³-hybridized carbons (Fsp3) is 0.900. The molecule has 0 bridgehead atoms. The van der Waals surface area contributed by atoms with Gasteiger partial charge in [0, 0.05) is 6.92 Å². The molecule has 1 nitrogen and oxygen atoms in total. The molecule has 0 aliphatic heterocycles. The first kappa shape index (κ1) is 10.6. The maximum absolute atomic E-state index is 13.2. The molecule has 0 heterocycles. The molecule has 76 valence electrons. The van der Waals surface area contributed by atoms with Crippen molar-refractivity contribution in [3.05, 3.63) is 0 Å². The molecule has 0 aromatic rings. The molecule has 3 heteroatoms. The van der Waals surface area contributed by atoms with Crippen molar-refractivity contribution in [2.45, 2.75) is 51.4 Å². The number of hydrogen-bond acceptors (Lipinski definition) is 1. The van der Waals surface area contributed by atoms with Crippen LogP contribution in [0.3, 0.4) is 0 Å². The summed E-state index contributed by atoms with van der Waals surface area (Å²) < 4.78 is 26.4. The SMILES string of the molecule is CC(F)(F)C1(C=O)CCCCCC1. The van der Waals surface area contributed by atoms with Gasteiger partial charge < -0.3 is 4.79 Å². The van der Waals surface area contributed by atoms with E-state index >= 15 is 0 Å². The molecule has 0 aromatic carbocycles.